The standard InChI is InChI=1S/C13H26N2OS/c1-13(2,17-3)10-14-9-12(16)15-11-7-5-4-6-8-11/h11,14H,4-10H2,1-3H3,(H,15,16). The zero-order valence-electron chi connectivity index (χ0n) is 11.3. The van der Waals surface area contributed by atoms with Gasteiger partial charge in [-0.15, -0.1) is 0 Å². The highest BCUT2D eigenvalue weighted by Crippen LogP contribution is 2.19. The molecule has 0 aromatic heterocycles. The molecule has 0 spiro atoms. The van der Waals surface area contributed by atoms with Crippen molar-refractivity contribution < 1.29 is 4.79 Å². The molecular weight excluding hydrogens is 232 g/mol. The molecule has 2 N–H and O–H groups in total. The molecule has 3 nitrogen and oxygen atoms in total. The summed E-state index contributed by atoms with van der Waals surface area (Å²) in [5, 5.41) is 6.35. The number of thioether (sulfide) groups is 1. The van der Waals surface area contributed by atoms with Crippen LogP contribution in [0.15, 0.2) is 0 Å². The van der Waals surface area contributed by atoms with E-state index in [2.05, 4.69) is 30.7 Å². The monoisotopic (exact) mass is 258 g/mol. The van der Waals surface area contributed by atoms with Gasteiger partial charge in [-0.05, 0) is 32.9 Å². The summed E-state index contributed by atoms with van der Waals surface area (Å²) in [4.78, 5) is 11.7. The normalized spacial score (nSPS) is 18.1. The van der Waals surface area contributed by atoms with Gasteiger partial charge in [0.05, 0.1) is 6.54 Å². The second kappa shape index (κ2) is 7.27. The van der Waals surface area contributed by atoms with Gasteiger partial charge in [-0.2, -0.15) is 11.8 Å². The third-order valence-electron chi connectivity index (χ3n) is 3.36. The molecule has 17 heavy (non-hydrogen) atoms. The van der Waals surface area contributed by atoms with Gasteiger partial charge in [0.15, 0.2) is 0 Å². The molecule has 1 fully saturated rings. The molecule has 1 rings (SSSR count). The maximum absolute atomic E-state index is 11.7. The number of carbonyl (C=O) groups excluding carboxylic acids is 1. The number of hydrogen-bond donors (Lipinski definition) is 2. The van der Waals surface area contributed by atoms with E-state index < -0.39 is 0 Å². The molecule has 0 radical (unpaired) electrons. The molecule has 0 heterocycles. The number of amides is 1. The molecule has 0 aromatic carbocycles. The van der Waals surface area contributed by atoms with Crippen LogP contribution in [0.2, 0.25) is 0 Å². The Morgan fingerprint density at radius 1 is 1.29 bits per heavy atom. The van der Waals surface area contributed by atoms with E-state index in [1.807, 2.05) is 11.8 Å². The van der Waals surface area contributed by atoms with Crippen molar-refractivity contribution in [3.8, 4) is 0 Å². The minimum Gasteiger partial charge on any atom is -0.352 e. The van der Waals surface area contributed by atoms with Crippen molar-refractivity contribution in [3.63, 3.8) is 0 Å². The summed E-state index contributed by atoms with van der Waals surface area (Å²) >= 11 is 1.82. The van der Waals surface area contributed by atoms with Crippen LogP contribution < -0.4 is 10.6 Å². The van der Waals surface area contributed by atoms with Crippen LogP contribution in [0.3, 0.4) is 0 Å². The molecule has 0 saturated heterocycles. The average Bonchev–Trinajstić information content (AvgIpc) is 2.30. The molecule has 1 aliphatic carbocycles. The lowest BCUT2D eigenvalue weighted by Gasteiger charge is -2.24. The summed E-state index contributed by atoms with van der Waals surface area (Å²) in [6.07, 6.45) is 8.26. The van der Waals surface area contributed by atoms with E-state index in [0.29, 0.717) is 12.6 Å². The fourth-order valence-electron chi connectivity index (χ4n) is 2.07. The largest absolute Gasteiger partial charge is 0.352 e. The molecule has 0 unspecified atom stereocenters. The Labute approximate surface area is 109 Å². The molecule has 0 atom stereocenters. The molecule has 4 heteroatoms. The minimum absolute atomic E-state index is 0.147. The van der Waals surface area contributed by atoms with Gasteiger partial charge >= 0.3 is 0 Å². The topological polar surface area (TPSA) is 41.1 Å². The first kappa shape index (κ1) is 14.8. The van der Waals surface area contributed by atoms with Crippen molar-refractivity contribution in [1.82, 2.24) is 10.6 Å². The molecule has 0 bridgehead atoms. The predicted octanol–water partition coefficient (Wildman–Crippen LogP) is 2.17. The lowest BCUT2D eigenvalue weighted by Crippen LogP contribution is -2.43. The van der Waals surface area contributed by atoms with Crippen LogP contribution in [0, 0.1) is 0 Å². The van der Waals surface area contributed by atoms with E-state index in [-0.39, 0.29) is 10.7 Å². The van der Waals surface area contributed by atoms with Gasteiger partial charge in [0.2, 0.25) is 5.91 Å². The Morgan fingerprint density at radius 3 is 2.53 bits per heavy atom. The van der Waals surface area contributed by atoms with Gasteiger partial charge in [-0.3, -0.25) is 4.79 Å². The Bertz CT molecular complexity index is 238. The smallest absolute Gasteiger partial charge is 0.234 e. The van der Waals surface area contributed by atoms with Gasteiger partial charge in [-0.1, -0.05) is 19.3 Å². The third kappa shape index (κ3) is 6.32. The highest BCUT2D eigenvalue weighted by atomic mass is 32.2. The first-order valence-electron chi connectivity index (χ1n) is 6.59. The zero-order chi connectivity index (χ0) is 12.7. The lowest BCUT2D eigenvalue weighted by atomic mass is 9.95. The van der Waals surface area contributed by atoms with Crippen LogP contribution >= 0.6 is 11.8 Å². The van der Waals surface area contributed by atoms with Crippen LogP contribution in [0.4, 0.5) is 0 Å². The van der Waals surface area contributed by atoms with Crippen LogP contribution in [-0.2, 0) is 4.79 Å². The molecule has 1 aliphatic rings. The first-order valence-corrected chi connectivity index (χ1v) is 7.81. The molecule has 100 valence electrons. The van der Waals surface area contributed by atoms with Gasteiger partial charge in [0.1, 0.15) is 0 Å². The highest BCUT2D eigenvalue weighted by Gasteiger charge is 2.17. The second-order valence-electron chi connectivity index (χ2n) is 5.47. The molecule has 1 saturated carbocycles. The molecule has 0 aromatic rings. The van der Waals surface area contributed by atoms with Crippen LogP contribution in [0.5, 0.6) is 0 Å². The third-order valence-corrected chi connectivity index (χ3v) is 4.61. The van der Waals surface area contributed by atoms with E-state index in [4.69, 9.17) is 0 Å². The van der Waals surface area contributed by atoms with Crippen molar-refractivity contribution in [2.24, 2.45) is 0 Å². The average molecular weight is 258 g/mol. The van der Waals surface area contributed by atoms with E-state index >= 15 is 0 Å². The van der Waals surface area contributed by atoms with Crippen LogP contribution in [-0.4, -0.2) is 36.0 Å². The summed E-state index contributed by atoms with van der Waals surface area (Å²) < 4.78 is 0.200. The molecule has 0 aliphatic heterocycles. The van der Waals surface area contributed by atoms with Crippen molar-refractivity contribution >= 4 is 17.7 Å². The fraction of sp³-hybridized carbons (Fsp3) is 0.923. The molecule has 1 amide bonds. The minimum atomic E-state index is 0.147. The Balaban J connectivity index is 2.12. The first-order chi connectivity index (χ1) is 8.03. The quantitative estimate of drug-likeness (QED) is 0.767. The summed E-state index contributed by atoms with van der Waals surface area (Å²) in [6.45, 7) is 5.68. The van der Waals surface area contributed by atoms with Gasteiger partial charge in [-0.25, -0.2) is 0 Å². The van der Waals surface area contributed by atoms with E-state index in [1.165, 1.54) is 19.3 Å². The van der Waals surface area contributed by atoms with E-state index in [1.54, 1.807) is 0 Å². The Morgan fingerprint density at radius 2 is 1.94 bits per heavy atom. The zero-order valence-corrected chi connectivity index (χ0v) is 12.2. The second-order valence-corrected chi connectivity index (χ2v) is 6.98. The van der Waals surface area contributed by atoms with Gasteiger partial charge in [0, 0.05) is 17.3 Å². The van der Waals surface area contributed by atoms with E-state index in [9.17, 15) is 4.79 Å². The number of rotatable bonds is 6. The summed E-state index contributed by atoms with van der Waals surface area (Å²) in [7, 11) is 0. The van der Waals surface area contributed by atoms with E-state index in [0.717, 1.165) is 19.4 Å². The number of hydrogen-bond acceptors (Lipinski definition) is 3. The summed E-state index contributed by atoms with van der Waals surface area (Å²) in [5.74, 6) is 0.147. The Hall–Kier alpha value is -0.220. The maximum atomic E-state index is 11.7. The summed E-state index contributed by atoms with van der Waals surface area (Å²) in [5.41, 5.74) is 0. The maximum Gasteiger partial charge on any atom is 0.234 e. The highest BCUT2D eigenvalue weighted by molar-refractivity contribution is 7.99. The number of carbonyl (C=O) groups is 1. The summed E-state index contributed by atoms with van der Waals surface area (Å²) in [6, 6.07) is 0.423. The number of nitrogens with one attached hydrogen (secondary N) is 2. The lowest BCUT2D eigenvalue weighted by molar-refractivity contribution is -0.121. The predicted molar refractivity (Wildman–Crippen MR) is 75.5 cm³/mol. The van der Waals surface area contributed by atoms with Crippen LogP contribution in [0.1, 0.15) is 46.0 Å². The molecular formula is C13H26N2OS. The Kier molecular flexibility index (Phi) is 6.34. The van der Waals surface area contributed by atoms with Gasteiger partial charge in [0.25, 0.3) is 0 Å². The van der Waals surface area contributed by atoms with Crippen molar-refractivity contribution in [1.29, 1.82) is 0 Å². The van der Waals surface area contributed by atoms with Crippen molar-refractivity contribution in [2.45, 2.75) is 56.7 Å². The van der Waals surface area contributed by atoms with Gasteiger partial charge < -0.3 is 10.6 Å². The SMILES string of the molecule is CSC(C)(C)CNCC(=O)NC1CCCCC1. The van der Waals surface area contributed by atoms with Crippen molar-refractivity contribution in [2.75, 3.05) is 19.3 Å². The van der Waals surface area contributed by atoms with Crippen LogP contribution in [0.25, 0.3) is 0 Å². The van der Waals surface area contributed by atoms with Crippen molar-refractivity contribution in [3.05, 3.63) is 0 Å². The fourth-order valence-corrected chi connectivity index (χ4v) is 2.32.